The van der Waals surface area contributed by atoms with Crippen LogP contribution >= 0.6 is 11.8 Å². The van der Waals surface area contributed by atoms with Gasteiger partial charge in [0, 0.05) is 12.7 Å². The van der Waals surface area contributed by atoms with E-state index in [4.69, 9.17) is 4.74 Å². The number of halogens is 3. The van der Waals surface area contributed by atoms with Crippen molar-refractivity contribution in [1.82, 2.24) is 9.88 Å². The van der Waals surface area contributed by atoms with Crippen molar-refractivity contribution in [2.75, 3.05) is 19.4 Å². The molecule has 1 aliphatic rings. The Labute approximate surface area is 141 Å². The second-order valence-corrected chi connectivity index (χ2v) is 6.29. The monoisotopic (exact) mass is 362 g/mol. The van der Waals surface area contributed by atoms with Crippen molar-refractivity contribution in [1.29, 1.82) is 0 Å². The lowest BCUT2D eigenvalue weighted by molar-refractivity contribution is -0.153. The highest BCUT2D eigenvalue weighted by Gasteiger charge is 2.33. The summed E-state index contributed by atoms with van der Waals surface area (Å²) >= 11 is 1.04. The number of aromatic nitrogens is 1. The first-order valence-corrected chi connectivity index (χ1v) is 8.35. The molecule has 9 heteroatoms. The van der Waals surface area contributed by atoms with E-state index in [0.29, 0.717) is 18.0 Å². The molecule has 0 spiro atoms. The van der Waals surface area contributed by atoms with Crippen LogP contribution in [0, 0.1) is 0 Å². The summed E-state index contributed by atoms with van der Waals surface area (Å²) in [7, 11) is 1.28. The van der Waals surface area contributed by atoms with Crippen LogP contribution in [-0.4, -0.2) is 47.2 Å². The Balaban J connectivity index is 1.95. The van der Waals surface area contributed by atoms with Crippen LogP contribution in [0.15, 0.2) is 23.4 Å². The molecule has 0 saturated carbocycles. The summed E-state index contributed by atoms with van der Waals surface area (Å²) in [5.74, 6) is -0.691. The molecule has 1 aromatic rings. The van der Waals surface area contributed by atoms with Gasteiger partial charge in [0.25, 0.3) is 0 Å². The van der Waals surface area contributed by atoms with Gasteiger partial charge in [-0.15, -0.1) is 0 Å². The Morgan fingerprint density at radius 1 is 1.38 bits per heavy atom. The lowest BCUT2D eigenvalue weighted by Crippen LogP contribution is -2.49. The highest BCUT2D eigenvalue weighted by molar-refractivity contribution is 7.99. The van der Waals surface area contributed by atoms with Crippen molar-refractivity contribution in [2.45, 2.75) is 36.5 Å². The average molecular weight is 362 g/mol. The van der Waals surface area contributed by atoms with E-state index in [9.17, 15) is 22.8 Å². The summed E-state index contributed by atoms with van der Waals surface area (Å²) in [5, 5.41) is 0.322. The minimum Gasteiger partial charge on any atom is -0.467 e. The van der Waals surface area contributed by atoms with Crippen LogP contribution in [0.5, 0.6) is 0 Å². The van der Waals surface area contributed by atoms with Gasteiger partial charge in [-0.3, -0.25) is 4.79 Å². The minimum atomic E-state index is -4.44. The van der Waals surface area contributed by atoms with Crippen LogP contribution in [-0.2, 0) is 20.5 Å². The summed E-state index contributed by atoms with van der Waals surface area (Å²) in [6.45, 7) is 0.472. The molecule has 0 bridgehead atoms. The molecular formula is C15H17F3N2O3S. The predicted octanol–water partition coefficient (Wildman–Crippen LogP) is 2.75. The molecule has 5 nitrogen and oxygen atoms in total. The minimum absolute atomic E-state index is 0.00581. The molecular weight excluding hydrogens is 345 g/mol. The lowest BCUT2D eigenvalue weighted by atomic mass is 10.0. The quantitative estimate of drug-likeness (QED) is 0.609. The predicted molar refractivity (Wildman–Crippen MR) is 81.3 cm³/mol. The molecule has 1 amide bonds. The maximum absolute atomic E-state index is 12.5. The molecule has 0 N–H and O–H groups in total. The van der Waals surface area contributed by atoms with Crippen LogP contribution in [0.3, 0.4) is 0 Å². The van der Waals surface area contributed by atoms with Gasteiger partial charge >= 0.3 is 12.1 Å². The number of rotatable bonds is 4. The van der Waals surface area contributed by atoms with Crippen molar-refractivity contribution in [3.8, 4) is 0 Å². The first kappa shape index (κ1) is 18.6. The second-order valence-electron chi connectivity index (χ2n) is 5.29. The van der Waals surface area contributed by atoms with Gasteiger partial charge in [0.1, 0.15) is 6.04 Å². The normalized spacial score (nSPS) is 18.3. The Kier molecular flexibility index (Phi) is 6.09. The summed E-state index contributed by atoms with van der Waals surface area (Å²) in [6.07, 6.45) is -1.49. The van der Waals surface area contributed by atoms with Crippen molar-refractivity contribution < 1.29 is 27.5 Å². The van der Waals surface area contributed by atoms with Gasteiger partial charge in [-0.2, -0.15) is 13.2 Å². The smallest absolute Gasteiger partial charge is 0.417 e. The number of hydrogen-bond donors (Lipinski definition) is 0. The summed E-state index contributed by atoms with van der Waals surface area (Å²) in [6, 6.07) is 1.57. The van der Waals surface area contributed by atoms with Gasteiger partial charge in [-0.05, 0) is 31.4 Å². The van der Waals surface area contributed by atoms with E-state index in [0.717, 1.165) is 36.9 Å². The zero-order valence-corrected chi connectivity index (χ0v) is 13.8. The van der Waals surface area contributed by atoms with E-state index in [1.807, 2.05) is 0 Å². The third-order valence-corrected chi connectivity index (χ3v) is 4.63. The number of ether oxygens (including phenoxy) is 1. The Bertz CT molecular complexity index is 593. The van der Waals surface area contributed by atoms with Crippen molar-refractivity contribution in [3.05, 3.63) is 23.9 Å². The lowest BCUT2D eigenvalue weighted by Gasteiger charge is -2.33. The number of carbonyl (C=O) groups is 2. The fourth-order valence-corrected chi connectivity index (χ4v) is 3.19. The molecule has 24 heavy (non-hydrogen) atoms. The number of alkyl halides is 3. The van der Waals surface area contributed by atoms with Gasteiger partial charge in [-0.25, -0.2) is 9.78 Å². The van der Waals surface area contributed by atoms with E-state index >= 15 is 0 Å². The molecule has 0 aromatic carbocycles. The fourth-order valence-electron chi connectivity index (χ4n) is 2.46. The molecule has 1 aliphatic heterocycles. The van der Waals surface area contributed by atoms with Crippen LogP contribution in [0.25, 0.3) is 0 Å². The zero-order valence-electron chi connectivity index (χ0n) is 13.0. The molecule has 1 unspecified atom stereocenters. The third kappa shape index (κ3) is 4.62. The third-order valence-electron chi connectivity index (χ3n) is 3.70. The van der Waals surface area contributed by atoms with E-state index in [-0.39, 0.29) is 11.7 Å². The first-order valence-electron chi connectivity index (χ1n) is 7.36. The number of likely N-dealkylation sites (tertiary alicyclic amines) is 1. The van der Waals surface area contributed by atoms with Gasteiger partial charge in [0.05, 0.1) is 23.5 Å². The number of nitrogens with zero attached hydrogens (tertiary/aromatic N) is 2. The Morgan fingerprint density at radius 3 is 2.71 bits per heavy atom. The number of carbonyl (C=O) groups excluding carboxylic acids is 2. The molecule has 1 fully saturated rings. The number of hydrogen-bond acceptors (Lipinski definition) is 5. The van der Waals surface area contributed by atoms with Crippen molar-refractivity contribution >= 4 is 23.6 Å². The van der Waals surface area contributed by atoms with Crippen molar-refractivity contribution in [3.63, 3.8) is 0 Å². The molecule has 1 saturated heterocycles. The molecule has 1 aromatic heterocycles. The summed E-state index contributed by atoms with van der Waals surface area (Å²) < 4.78 is 42.2. The topological polar surface area (TPSA) is 59.5 Å². The largest absolute Gasteiger partial charge is 0.467 e. The van der Waals surface area contributed by atoms with E-state index in [1.54, 1.807) is 0 Å². The standard InChI is InChI=1S/C15H17F3N2O3S/c1-23-14(22)11-4-2-3-7-20(11)13(21)9-24-12-6-5-10(8-19-12)15(16,17)18/h5-6,8,11H,2-4,7,9H2,1H3. The zero-order chi connectivity index (χ0) is 17.7. The van der Waals surface area contributed by atoms with E-state index in [1.165, 1.54) is 18.1 Å². The second kappa shape index (κ2) is 7.87. The SMILES string of the molecule is COC(=O)C1CCCCN1C(=O)CSc1ccc(C(F)(F)F)cn1. The fraction of sp³-hybridized carbons (Fsp3) is 0.533. The van der Waals surface area contributed by atoms with Crippen LogP contribution in [0.4, 0.5) is 13.2 Å². The number of methoxy groups -OCH3 is 1. The molecule has 132 valence electrons. The highest BCUT2D eigenvalue weighted by atomic mass is 32.2. The maximum atomic E-state index is 12.5. The number of thioether (sulfide) groups is 1. The highest BCUT2D eigenvalue weighted by Crippen LogP contribution is 2.29. The number of piperidine rings is 1. The van der Waals surface area contributed by atoms with Gasteiger partial charge in [0.2, 0.25) is 5.91 Å². The molecule has 2 rings (SSSR count). The maximum Gasteiger partial charge on any atom is 0.417 e. The first-order chi connectivity index (χ1) is 11.3. The van der Waals surface area contributed by atoms with Gasteiger partial charge in [-0.1, -0.05) is 11.8 Å². The molecule has 2 heterocycles. The van der Waals surface area contributed by atoms with Crippen molar-refractivity contribution in [2.24, 2.45) is 0 Å². The van der Waals surface area contributed by atoms with Crippen LogP contribution in [0.1, 0.15) is 24.8 Å². The molecule has 0 radical (unpaired) electrons. The van der Waals surface area contributed by atoms with E-state index < -0.39 is 23.8 Å². The Hall–Kier alpha value is -1.77. The van der Waals surface area contributed by atoms with Crippen LogP contribution < -0.4 is 0 Å². The number of amides is 1. The van der Waals surface area contributed by atoms with Gasteiger partial charge < -0.3 is 9.64 Å². The molecule has 1 atom stereocenters. The number of esters is 1. The average Bonchev–Trinajstić information content (AvgIpc) is 2.58. The summed E-state index contributed by atoms with van der Waals surface area (Å²) in [5.41, 5.74) is -0.833. The van der Waals surface area contributed by atoms with E-state index in [2.05, 4.69) is 4.98 Å². The number of pyridine rings is 1. The van der Waals surface area contributed by atoms with Gasteiger partial charge in [0.15, 0.2) is 0 Å². The Morgan fingerprint density at radius 2 is 2.12 bits per heavy atom. The summed E-state index contributed by atoms with van der Waals surface area (Å²) in [4.78, 5) is 29.3. The van der Waals surface area contributed by atoms with Crippen LogP contribution in [0.2, 0.25) is 0 Å². The molecule has 0 aliphatic carbocycles.